The highest BCUT2D eigenvalue weighted by molar-refractivity contribution is 5.81. The van der Waals surface area contributed by atoms with E-state index in [4.69, 9.17) is 10.8 Å². The van der Waals surface area contributed by atoms with Gasteiger partial charge in [-0.1, -0.05) is 13.3 Å². The van der Waals surface area contributed by atoms with Crippen LogP contribution in [0.2, 0.25) is 0 Å². The van der Waals surface area contributed by atoms with Gasteiger partial charge >= 0.3 is 5.97 Å². The maximum Gasteiger partial charge on any atom is 0.323 e. The number of nitrogens with two attached hydrogens (primary N) is 1. The van der Waals surface area contributed by atoms with E-state index < -0.39 is 5.97 Å². The molecule has 0 bridgehead atoms. The lowest BCUT2D eigenvalue weighted by molar-refractivity contribution is -0.146. The second kappa shape index (κ2) is 8.98. The Morgan fingerprint density at radius 2 is 1.94 bits per heavy atom. The fourth-order valence-corrected chi connectivity index (χ4v) is 1.60. The van der Waals surface area contributed by atoms with E-state index in [1.54, 1.807) is 0 Å². The molecule has 0 aromatic carbocycles. The number of carboxylic acid groups (broad SMARTS) is 1. The monoisotopic (exact) mass is 244 g/mol. The molecule has 0 heterocycles. The second-order valence-electron chi connectivity index (χ2n) is 4.27. The first kappa shape index (κ1) is 15.9. The first-order valence-corrected chi connectivity index (χ1v) is 6.24. The van der Waals surface area contributed by atoms with Crippen molar-refractivity contribution in [1.82, 2.24) is 4.90 Å². The molecule has 0 radical (unpaired) electrons. The van der Waals surface area contributed by atoms with Crippen molar-refractivity contribution in [2.45, 2.75) is 52.0 Å². The Kier molecular flexibility index (Phi) is 8.40. The number of unbranched alkanes of at least 4 members (excludes halogenated alkanes) is 2. The van der Waals surface area contributed by atoms with Crippen LogP contribution in [-0.2, 0) is 9.59 Å². The summed E-state index contributed by atoms with van der Waals surface area (Å²) in [5.74, 6) is -1.03. The van der Waals surface area contributed by atoms with E-state index in [2.05, 4.69) is 0 Å². The third kappa shape index (κ3) is 6.94. The first-order valence-electron chi connectivity index (χ1n) is 6.24. The summed E-state index contributed by atoms with van der Waals surface area (Å²) in [7, 11) is 0. The molecule has 0 rings (SSSR count). The zero-order valence-electron chi connectivity index (χ0n) is 10.8. The predicted octanol–water partition coefficient (Wildman–Crippen LogP) is 1.22. The summed E-state index contributed by atoms with van der Waals surface area (Å²) in [5.41, 5.74) is 5.37. The van der Waals surface area contributed by atoms with Crippen molar-refractivity contribution < 1.29 is 14.7 Å². The maximum absolute atomic E-state index is 11.9. The summed E-state index contributed by atoms with van der Waals surface area (Å²) >= 11 is 0. The number of aliphatic carboxylic acids is 1. The Morgan fingerprint density at radius 3 is 2.41 bits per heavy atom. The molecule has 1 unspecified atom stereocenters. The van der Waals surface area contributed by atoms with Gasteiger partial charge in [0.2, 0.25) is 5.91 Å². The number of carboxylic acids is 1. The molecule has 0 saturated carbocycles. The molecule has 0 spiro atoms. The number of carbonyl (C=O) groups excluding carboxylic acids is 1. The van der Waals surface area contributed by atoms with Crippen molar-refractivity contribution in [3.8, 4) is 0 Å². The highest BCUT2D eigenvalue weighted by atomic mass is 16.4. The first-order chi connectivity index (χ1) is 8.02. The number of hydrogen-bond donors (Lipinski definition) is 2. The number of hydrogen-bond acceptors (Lipinski definition) is 3. The van der Waals surface area contributed by atoms with Crippen LogP contribution < -0.4 is 5.73 Å². The fraction of sp³-hybridized carbons (Fsp3) is 0.833. The zero-order chi connectivity index (χ0) is 13.3. The molecule has 100 valence electrons. The molecule has 17 heavy (non-hydrogen) atoms. The van der Waals surface area contributed by atoms with Crippen molar-refractivity contribution in [3.63, 3.8) is 0 Å². The maximum atomic E-state index is 11.9. The summed E-state index contributed by atoms with van der Waals surface area (Å²) < 4.78 is 0. The van der Waals surface area contributed by atoms with Crippen molar-refractivity contribution in [2.75, 3.05) is 13.1 Å². The smallest absolute Gasteiger partial charge is 0.323 e. The van der Waals surface area contributed by atoms with Gasteiger partial charge in [0.05, 0.1) is 0 Å². The lowest BCUT2D eigenvalue weighted by Gasteiger charge is -2.27. The van der Waals surface area contributed by atoms with Gasteiger partial charge in [-0.15, -0.1) is 0 Å². The van der Waals surface area contributed by atoms with E-state index in [-0.39, 0.29) is 18.5 Å². The van der Waals surface area contributed by atoms with E-state index in [9.17, 15) is 9.59 Å². The normalized spacial score (nSPS) is 12.2. The Labute approximate surface area is 103 Å². The van der Waals surface area contributed by atoms with E-state index in [0.29, 0.717) is 13.0 Å². The molecule has 0 aromatic heterocycles. The average molecular weight is 244 g/mol. The zero-order valence-corrected chi connectivity index (χ0v) is 10.8. The summed E-state index contributed by atoms with van der Waals surface area (Å²) in [6, 6.07) is -0.0203. The van der Waals surface area contributed by atoms with Crippen LogP contribution in [0.1, 0.15) is 46.0 Å². The molecule has 5 nitrogen and oxygen atoms in total. The molecule has 0 aliphatic heterocycles. The lowest BCUT2D eigenvalue weighted by atomic mass is 10.1. The second-order valence-corrected chi connectivity index (χ2v) is 4.27. The number of nitrogens with zero attached hydrogens (tertiary/aromatic N) is 1. The van der Waals surface area contributed by atoms with Gasteiger partial charge in [-0.25, -0.2) is 0 Å². The topological polar surface area (TPSA) is 83.6 Å². The molecule has 5 heteroatoms. The quantitative estimate of drug-likeness (QED) is 0.597. The molecule has 0 fully saturated rings. The molecule has 1 amide bonds. The predicted molar refractivity (Wildman–Crippen MR) is 66.6 cm³/mol. The van der Waals surface area contributed by atoms with Gasteiger partial charge in [0.15, 0.2) is 0 Å². The van der Waals surface area contributed by atoms with Crippen LogP contribution in [0.3, 0.4) is 0 Å². The van der Waals surface area contributed by atoms with Gasteiger partial charge < -0.3 is 15.7 Å². The fourth-order valence-electron chi connectivity index (χ4n) is 1.60. The van der Waals surface area contributed by atoms with Gasteiger partial charge in [-0.3, -0.25) is 9.59 Å². The third-order valence-corrected chi connectivity index (χ3v) is 2.84. The Hall–Kier alpha value is -1.10. The van der Waals surface area contributed by atoms with Gasteiger partial charge in [0, 0.05) is 12.5 Å². The van der Waals surface area contributed by atoms with Crippen LogP contribution in [-0.4, -0.2) is 41.0 Å². The number of rotatable bonds is 9. The molecular formula is C12H24N2O3. The van der Waals surface area contributed by atoms with E-state index in [1.165, 1.54) is 4.90 Å². The van der Waals surface area contributed by atoms with Crippen molar-refractivity contribution in [2.24, 2.45) is 5.73 Å². The van der Waals surface area contributed by atoms with Gasteiger partial charge in [-0.05, 0) is 32.7 Å². The Bertz CT molecular complexity index is 244. The van der Waals surface area contributed by atoms with Crippen molar-refractivity contribution >= 4 is 11.9 Å². The van der Waals surface area contributed by atoms with Gasteiger partial charge in [0.1, 0.15) is 6.54 Å². The molecule has 0 aliphatic rings. The summed E-state index contributed by atoms with van der Waals surface area (Å²) in [5, 5.41) is 8.78. The van der Waals surface area contributed by atoms with Crippen LogP contribution in [0, 0.1) is 0 Å². The number of carbonyl (C=O) groups is 2. The summed E-state index contributed by atoms with van der Waals surface area (Å²) in [6.07, 6.45) is 3.79. The van der Waals surface area contributed by atoms with Gasteiger partial charge in [-0.2, -0.15) is 0 Å². The van der Waals surface area contributed by atoms with E-state index in [1.807, 2.05) is 13.8 Å². The summed E-state index contributed by atoms with van der Waals surface area (Å²) in [4.78, 5) is 24.0. The van der Waals surface area contributed by atoms with Crippen LogP contribution >= 0.6 is 0 Å². The summed E-state index contributed by atoms with van der Waals surface area (Å²) in [6.45, 7) is 4.26. The van der Waals surface area contributed by atoms with E-state index >= 15 is 0 Å². The Balaban J connectivity index is 4.18. The molecule has 3 N–H and O–H groups in total. The molecule has 0 aliphatic carbocycles. The highest BCUT2D eigenvalue weighted by Crippen LogP contribution is 2.09. The van der Waals surface area contributed by atoms with Gasteiger partial charge in [0.25, 0.3) is 0 Å². The standard InChI is InChI=1S/C12H24N2O3/c1-3-10(2)14(9-12(16)17)11(15)7-5-4-6-8-13/h10H,3-9,13H2,1-2H3,(H,16,17). The Morgan fingerprint density at radius 1 is 1.29 bits per heavy atom. The highest BCUT2D eigenvalue weighted by Gasteiger charge is 2.20. The third-order valence-electron chi connectivity index (χ3n) is 2.84. The van der Waals surface area contributed by atoms with Crippen LogP contribution in [0.25, 0.3) is 0 Å². The van der Waals surface area contributed by atoms with Crippen LogP contribution in [0.15, 0.2) is 0 Å². The molecule has 0 aromatic rings. The molecule has 1 atom stereocenters. The largest absolute Gasteiger partial charge is 0.480 e. The van der Waals surface area contributed by atoms with Crippen molar-refractivity contribution in [1.29, 1.82) is 0 Å². The van der Waals surface area contributed by atoms with Crippen LogP contribution in [0.4, 0.5) is 0 Å². The lowest BCUT2D eigenvalue weighted by Crippen LogP contribution is -2.41. The number of amides is 1. The van der Waals surface area contributed by atoms with E-state index in [0.717, 1.165) is 25.7 Å². The molecular weight excluding hydrogens is 220 g/mol. The SMILES string of the molecule is CCC(C)N(CC(=O)O)C(=O)CCCCCN. The molecule has 0 saturated heterocycles. The van der Waals surface area contributed by atoms with Crippen LogP contribution in [0.5, 0.6) is 0 Å². The minimum absolute atomic E-state index is 0.0203. The van der Waals surface area contributed by atoms with Crippen molar-refractivity contribution in [3.05, 3.63) is 0 Å². The minimum atomic E-state index is -0.958. The average Bonchev–Trinajstić information content (AvgIpc) is 2.30. The minimum Gasteiger partial charge on any atom is -0.480 e.